The van der Waals surface area contributed by atoms with E-state index in [1.54, 1.807) is 7.05 Å². The molecule has 29 heavy (non-hydrogen) atoms. The predicted molar refractivity (Wildman–Crippen MR) is 119 cm³/mol. The van der Waals surface area contributed by atoms with E-state index in [9.17, 15) is 0 Å². The van der Waals surface area contributed by atoms with Crippen molar-refractivity contribution in [3.63, 3.8) is 0 Å². The SMILES string of the molecule is CC/C=C/NC(=NC)c1cc(-c2ccc(C)cn2)cc(OC2CCOCC2)c1C. The second-order valence-corrected chi connectivity index (χ2v) is 7.32. The molecule has 154 valence electrons. The van der Waals surface area contributed by atoms with Gasteiger partial charge in [0.05, 0.1) is 18.9 Å². The average Bonchev–Trinajstić information content (AvgIpc) is 2.74. The van der Waals surface area contributed by atoms with Crippen LogP contribution in [0.15, 0.2) is 47.7 Å². The number of aryl methyl sites for hydroxylation is 1. The van der Waals surface area contributed by atoms with E-state index in [4.69, 9.17) is 9.47 Å². The van der Waals surface area contributed by atoms with Crippen LogP contribution >= 0.6 is 0 Å². The molecule has 1 fully saturated rings. The van der Waals surface area contributed by atoms with E-state index in [1.165, 1.54) is 0 Å². The van der Waals surface area contributed by atoms with Crippen LogP contribution in [0.2, 0.25) is 0 Å². The fourth-order valence-electron chi connectivity index (χ4n) is 3.33. The minimum atomic E-state index is 0.173. The van der Waals surface area contributed by atoms with Gasteiger partial charge < -0.3 is 14.8 Å². The second-order valence-electron chi connectivity index (χ2n) is 7.32. The molecule has 5 nitrogen and oxygen atoms in total. The maximum absolute atomic E-state index is 6.42. The number of amidine groups is 1. The van der Waals surface area contributed by atoms with Crippen LogP contribution in [0.4, 0.5) is 0 Å². The van der Waals surface area contributed by atoms with Crippen LogP contribution in [-0.4, -0.2) is 37.2 Å². The van der Waals surface area contributed by atoms with E-state index in [2.05, 4.69) is 59.5 Å². The molecule has 0 amide bonds. The number of nitrogens with zero attached hydrogens (tertiary/aromatic N) is 2. The van der Waals surface area contributed by atoms with Crippen molar-refractivity contribution in [1.29, 1.82) is 0 Å². The second kappa shape index (κ2) is 10.2. The van der Waals surface area contributed by atoms with Gasteiger partial charge in [-0.1, -0.05) is 19.1 Å². The number of nitrogens with one attached hydrogen (secondary N) is 1. The number of hydrogen-bond donors (Lipinski definition) is 1. The van der Waals surface area contributed by atoms with E-state index in [0.717, 1.165) is 72.0 Å². The van der Waals surface area contributed by atoms with E-state index in [-0.39, 0.29) is 6.10 Å². The van der Waals surface area contributed by atoms with Gasteiger partial charge in [0.25, 0.3) is 0 Å². The summed E-state index contributed by atoms with van der Waals surface area (Å²) in [6.07, 6.45) is 8.87. The van der Waals surface area contributed by atoms with Crippen LogP contribution in [0.3, 0.4) is 0 Å². The van der Waals surface area contributed by atoms with Crippen molar-refractivity contribution in [2.24, 2.45) is 4.99 Å². The van der Waals surface area contributed by atoms with Gasteiger partial charge >= 0.3 is 0 Å². The van der Waals surface area contributed by atoms with Gasteiger partial charge in [-0.05, 0) is 50.2 Å². The summed E-state index contributed by atoms with van der Waals surface area (Å²) in [6, 6.07) is 8.37. The zero-order valence-electron chi connectivity index (χ0n) is 17.9. The minimum Gasteiger partial charge on any atom is -0.490 e. The molecule has 0 radical (unpaired) electrons. The number of aromatic nitrogens is 1. The molecule has 1 saturated heterocycles. The Morgan fingerprint density at radius 1 is 1.28 bits per heavy atom. The lowest BCUT2D eigenvalue weighted by molar-refractivity contribution is 0.0253. The Labute approximate surface area is 173 Å². The lowest BCUT2D eigenvalue weighted by atomic mass is 9.99. The fourth-order valence-corrected chi connectivity index (χ4v) is 3.33. The van der Waals surface area contributed by atoms with Crippen molar-refractivity contribution in [2.75, 3.05) is 20.3 Å². The van der Waals surface area contributed by atoms with Crippen LogP contribution in [0.5, 0.6) is 5.75 Å². The van der Waals surface area contributed by atoms with Crippen molar-refractivity contribution in [2.45, 2.75) is 46.1 Å². The van der Waals surface area contributed by atoms with E-state index in [1.807, 2.05) is 19.3 Å². The number of benzene rings is 1. The van der Waals surface area contributed by atoms with Crippen LogP contribution < -0.4 is 10.1 Å². The first-order chi connectivity index (χ1) is 14.1. The van der Waals surface area contributed by atoms with Crippen molar-refractivity contribution >= 4 is 5.84 Å². The number of rotatable bonds is 6. The predicted octanol–water partition coefficient (Wildman–Crippen LogP) is 4.81. The molecule has 3 rings (SSSR count). The molecule has 1 aliphatic heterocycles. The monoisotopic (exact) mass is 393 g/mol. The lowest BCUT2D eigenvalue weighted by Crippen LogP contribution is -2.27. The van der Waals surface area contributed by atoms with Crippen molar-refractivity contribution in [3.8, 4) is 17.0 Å². The topological polar surface area (TPSA) is 55.7 Å². The summed E-state index contributed by atoms with van der Waals surface area (Å²) in [5, 5.41) is 3.32. The summed E-state index contributed by atoms with van der Waals surface area (Å²) < 4.78 is 11.9. The van der Waals surface area contributed by atoms with Gasteiger partial charge in [0.2, 0.25) is 0 Å². The van der Waals surface area contributed by atoms with Gasteiger partial charge in [-0.3, -0.25) is 9.98 Å². The van der Waals surface area contributed by atoms with Gasteiger partial charge in [-0.25, -0.2) is 0 Å². The molecule has 0 atom stereocenters. The summed E-state index contributed by atoms with van der Waals surface area (Å²) in [6.45, 7) is 7.74. The van der Waals surface area contributed by atoms with Crippen LogP contribution in [0.25, 0.3) is 11.3 Å². The highest BCUT2D eigenvalue weighted by atomic mass is 16.5. The maximum atomic E-state index is 6.42. The van der Waals surface area contributed by atoms with E-state index >= 15 is 0 Å². The van der Waals surface area contributed by atoms with Crippen LogP contribution in [0, 0.1) is 13.8 Å². The Bertz CT molecular complexity index is 866. The highest BCUT2D eigenvalue weighted by Gasteiger charge is 2.19. The molecule has 2 aromatic rings. The molecule has 0 saturated carbocycles. The fraction of sp³-hybridized carbons (Fsp3) is 0.417. The molecule has 1 aromatic heterocycles. The van der Waals surface area contributed by atoms with Crippen molar-refractivity contribution in [1.82, 2.24) is 10.3 Å². The summed E-state index contributed by atoms with van der Waals surface area (Å²) in [5.74, 6) is 1.70. The number of hydrogen-bond acceptors (Lipinski definition) is 4. The largest absolute Gasteiger partial charge is 0.490 e. The quantitative estimate of drug-likeness (QED) is 0.565. The Balaban J connectivity index is 2.02. The molecule has 0 bridgehead atoms. The maximum Gasteiger partial charge on any atom is 0.132 e. The molecule has 5 heteroatoms. The first-order valence-electron chi connectivity index (χ1n) is 10.3. The Morgan fingerprint density at radius 3 is 2.72 bits per heavy atom. The Kier molecular flexibility index (Phi) is 7.42. The van der Waals surface area contributed by atoms with Crippen molar-refractivity contribution < 1.29 is 9.47 Å². The van der Waals surface area contributed by atoms with Crippen LogP contribution in [-0.2, 0) is 4.74 Å². The number of allylic oxidation sites excluding steroid dienone is 1. The first-order valence-corrected chi connectivity index (χ1v) is 10.3. The molecule has 1 aliphatic rings. The molecular weight excluding hydrogens is 362 g/mol. The zero-order chi connectivity index (χ0) is 20.6. The third kappa shape index (κ3) is 5.45. The number of pyridine rings is 1. The molecular formula is C24H31N3O2. The normalized spacial score (nSPS) is 15.7. The molecule has 1 aromatic carbocycles. The third-order valence-electron chi connectivity index (χ3n) is 5.08. The van der Waals surface area contributed by atoms with E-state index in [0.29, 0.717) is 0 Å². The first kappa shape index (κ1) is 21.1. The van der Waals surface area contributed by atoms with Crippen molar-refractivity contribution in [3.05, 3.63) is 59.4 Å². The highest BCUT2D eigenvalue weighted by molar-refractivity contribution is 6.02. The summed E-state index contributed by atoms with van der Waals surface area (Å²) in [4.78, 5) is 9.10. The zero-order valence-corrected chi connectivity index (χ0v) is 17.9. The summed E-state index contributed by atoms with van der Waals surface area (Å²) in [5.41, 5.74) is 5.19. The van der Waals surface area contributed by atoms with Gasteiger partial charge in [0.15, 0.2) is 0 Å². The standard InChI is InChI=1S/C24H31N3O2/c1-5-6-11-26-24(25-4)21-14-19(22-8-7-17(2)16-27-22)15-23(18(21)3)29-20-9-12-28-13-10-20/h6-8,11,14-16,20H,5,9-10,12-13H2,1-4H3,(H,25,26)/b11-6+. The smallest absolute Gasteiger partial charge is 0.132 e. The van der Waals surface area contributed by atoms with Gasteiger partial charge in [0, 0.05) is 42.8 Å². The van der Waals surface area contributed by atoms with Gasteiger partial charge in [-0.2, -0.15) is 0 Å². The minimum absolute atomic E-state index is 0.173. The molecule has 0 aliphatic carbocycles. The van der Waals surface area contributed by atoms with E-state index < -0.39 is 0 Å². The molecule has 2 heterocycles. The van der Waals surface area contributed by atoms with Crippen LogP contribution in [0.1, 0.15) is 42.9 Å². The number of aliphatic imine (C=N–C) groups is 1. The number of ether oxygens (including phenoxy) is 2. The molecule has 0 unspecified atom stereocenters. The lowest BCUT2D eigenvalue weighted by Gasteiger charge is -2.25. The summed E-state index contributed by atoms with van der Waals surface area (Å²) in [7, 11) is 1.80. The summed E-state index contributed by atoms with van der Waals surface area (Å²) >= 11 is 0. The Hall–Kier alpha value is -2.66. The molecule has 0 spiro atoms. The highest BCUT2D eigenvalue weighted by Crippen LogP contribution is 2.31. The molecule has 1 N–H and O–H groups in total. The van der Waals surface area contributed by atoms with Gasteiger partial charge in [0.1, 0.15) is 17.7 Å². The third-order valence-corrected chi connectivity index (χ3v) is 5.08. The average molecular weight is 394 g/mol. The van der Waals surface area contributed by atoms with Gasteiger partial charge in [-0.15, -0.1) is 0 Å². The Morgan fingerprint density at radius 2 is 2.07 bits per heavy atom.